The Morgan fingerprint density at radius 3 is 2.44 bits per heavy atom. The predicted molar refractivity (Wildman–Crippen MR) is 167 cm³/mol. The molecule has 7 atom stereocenters. The lowest BCUT2D eigenvalue weighted by molar-refractivity contribution is -0.123. The second kappa shape index (κ2) is 10.2. The summed E-state index contributed by atoms with van der Waals surface area (Å²) >= 11 is 6.55. The number of nitrogens with one attached hydrogen (secondary N) is 1. The summed E-state index contributed by atoms with van der Waals surface area (Å²) < 4.78 is 21.0. The summed E-state index contributed by atoms with van der Waals surface area (Å²) in [6.45, 7) is 2.45. The molecule has 218 valence electrons. The first-order valence-corrected chi connectivity index (χ1v) is 16.8. The van der Waals surface area contributed by atoms with Gasteiger partial charge in [-0.15, -0.1) is 11.8 Å². The highest BCUT2D eigenvalue weighted by atomic mass is 79.9. The Morgan fingerprint density at radius 2 is 1.70 bits per heavy atom. The van der Waals surface area contributed by atoms with Gasteiger partial charge in [0, 0.05) is 26.1 Å². The number of aromatic amines is 1. The van der Waals surface area contributed by atoms with Crippen LogP contribution in [0.15, 0.2) is 81.0 Å². The van der Waals surface area contributed by atoms with Crippen LogP contribution in [-0.4, -0.2) is 22.0 Å². The molecule has 2 amide bonds. The number of hydrogen-bond donors (Lipinski definition) is 1. The van der Waals surface area contributed by atoms with E-state index in [1.54, 1.807) is 11.8 Å². The second-order valence-corrected chi connectivity index (χ2v) is 15.0. The van der Waals surface area contributed by atoms with Gasteiger partial charge in [0.15, 0.2) is 0 Å². The highest BCUT2D eigenvalue weighted by molar-refractivity contribution is 9.10. The number of amides is 2. The number of ether oxygens (including phenoxy) is 1. The van der Waals surface area contributed by atoms with Crippen LogP contribution in [0, 0.1) is 42.3 Å². The number of carbonyl (C=O) groups excluding carboxylic acids is 2. The van der Waals surface area contributed by atoms with E-state index in [0.717, 1.165) is 37.7 Å². The highest BCUT2D eigenvalue weighted by Gasteiger charge is 2.69. The van der Waals surface area contributed by atoms with Crippen molar-refractivity contribution in [3.8, 4) is 5.75 Å². The third-order valence-corrected chi connectivity index (χ3v) is 12.7. The van der Waals surface area contributed by atoms with Gasteiger partial charge in [-0.05, 0) is 79.1 Å². The predicted octanol–water partition coefficient (Wildman–Crippen LogP) is 6.90. The summed E-state index contributed by atoms with van der Waals surface area (Å²) in [5, 5.41) is 0.907. The largest absolute Gasteiger partial charge is 0.489 e. The van der Waals surface area contributed by atoms with E-state index in [1.165, 1.54) is 46.1 Å². The summed E-state index contributed by atoms with van der Waals surface area (Å²) in [6, 6.07) is 19.8. The van der Waals surface area contributed by atoms with Crippen LogP contribution in [0.3, 0.4) is 0 Å². The summed E-state index contributed by atoms with van der Waals surface area (Å²) in [5.74, 6) is -1.09. The molecule has 43 heavy (non-hydrogen) atoms. The van der Waals surface area contributed by atoms with E-state index in [4.69, 9.17) is 4.74 Å². The molecule has 10 heteroatoms. The molecule has 8 rings (SSSR count). The van der Waals surface area contributed by atoms with Crippen LogP contribution in [0.4, 0.5) is 10.1 Å². The molecule has 1 saturated heterocycles. The number of nitrogens with zero attached hydrogens (tertiary/aromatic N) is 1. The molecule has 1 aromatic heterocycles. The number of thioether (sulfide) groups is 1. The number of halogens is 2. The molecule has 2 aliphatic heterocycles. The number of anilines is 1. The number of aryl methyl sites for hydroxylation is 1. The van der Waals surface area contributed by atoms with Gasteiger partial charge in [0.05, 0.1) is 22.5 Å². The third-order valence-electron chi connectivity index (χ3n) is 9.63. The fourth-order valence-corrected chi connectivity index (χ4v) is 11.2. The lowest BCUT2D eigenvalue weighted by atomic mass is 9.68. The second-order valence-electron chi connectivity index (χ2n) is 11.9. The van der Waals surface area contributed by atoms with Crippen LogP contribution in [0.2, 0.25) is 0 Å². The molecule has 4 aliphatic rings. The summed E-state index contributed by atoms with van der Waals surface area (Å²) in [7, 11) is 0. The Kier molecular flexibility index (Phi) is 6.47. The van der Waals surface area contributed by atoms with E-state index in [0.29, 0.717) is 12.3 Å². The molecule has 6 nitrogen and oxygen atoms in total. The van der Waals surface area contributed by atoms with E-state index in [2.05, 4.69) is 58.2 Å². The molecule has 1 N–H and O–H groups in total. The minimum Gasteiger partial charge on any atom is -0.489 e. The Morgan fingerprint density at radius 1 is 0.977 bits per heavy atom. The maximum atomic E-state index is 14.0. The van der Waals surface area contributed by atoms with Crippen molar-refractivity contribution in [2.24, 2.45) is 29.6 Å². The maximum Gasteiger partial charge on any atom is 0.305 e. The standard InChI is InChI=1S/C33H26BrFN2O4S2/c1-15-2-4-16(5-3-15)14-41-23-11-6-17(34)12-20(23)24-25-21-13-22(28(25)42-30-29(24)43-33(40)36-30)27-26(21)31(38)37(32(27)39)19-9-7-18(35)8-10-19/h2-12,21-22,24-28H,13-14H2,1H3,(H,36,40)/t21?,22?,24-,25?,26?,27?,28?/m1/s1. The minimum absolute atomic E-state index is 0.00460. The van der Waals surface area contributed by atoms with Gasteiger partial charge >= 0.3 is 4.87 Å². The number of hydrogen-bond acceptors (Lipinski definition) is 6. The van der Waals surface area contributed by atoms with Crippen molar-refractivity contribution in [2.45, 2.75) is 36.1 Å². The van der Waals surface area contributed by atoms with Gasteiger partial charge in [0.25, 0.3) is 0 Å². The SMILES string of the molecule is Cc1ccc(COc2ccc(Br)cc2[C@H]2c3sc(=O)[nH]c3SC3C4CC(C5C(=O)N(c6ccc(F)cc6)C(=O)C45)C32)cc1. The molecule has 0 radical (unpaired) electrons. The molecule has 0 spiro atoms. The Hall–Kier alpha value is -3.21. The van der Waals surface area contributed by atoms with Crippen molar-refractivity contribution >= 4 is 56.5 Å². The minimum atomic E-state index is -0.437. The van der Waals surface area contributed by atoms with Crippen molar-refractivity contribution < 1.29 is 18.7 Å². The van der Waals surface area contributed by atoms with Gasteiger partial charge in [-0.3, -0.25) is 19.3 Å². The normalized spacial score (nSPS) is 28.6. The number of benzene rings is 3. The lowest BCUT2D eigenvalue weighted by Gasteiger charge is -2.43. The number of H-pyrrole nitrogens is 1. The lowest BCUT2D eigenvalue weighted by Crippen LogP contribution is -2.42. The fourth-order valence-electron chi connectivity index (χ4n) is 7.95. The smallest absolute Gasteiger partial charge is 0.305 e. The molecule has 6 unspecified atom stereocenters. The monoisotopic (exact) mass is 676 g/mol. The van der Waals surface area contributed by atoms with Crippen molar-refractivity contribution in [3.05, 3.63) is 108 Å². The summed E-state index contributed by atoms with van der Waals surface area (Å²) in [5.41, 5.74) is 3.63. The van der Waals surface area contributed by atoms with Crippen molar-refractivity contribution in [1.29, 1.82) is 0 Å². The van der Waals surface area contributed by atoms with Crippen LogP contribution < -0.4 is 14.5 Å². The average molecular weight is 678 g/mol. The first-order valence-electron chi connectivity index (χ1n) is 14.3. The zero-order valence-electron chi connectivity index (χ0n) is 23.0. The molecular weight excluding hydrogens is 651 g/mol. The van der Waals surface area contributed by atoms with Crippen LogP contribution in [0.25, 0.3) is 0 Å². The number of carbonyl (C=O) groups is 2. The maximum absolute atomic E-state index is 14.0. The van der Waals surface area contributed by atoms with Crippen LogP contribution >= 0.6 is 39.0 Å². The van der Waals surface area contributed by atoms with Crippen LogP contribution in [0.1, 0.15) is 33.9 Å². The molecular formula is C33H26BrFN2O4S2. The Bertz CT molecular complexity index is 1840. The third kappa shape index (κ3) is 4.28. The van der Waals surface area contributed by atoms with Crippen molar-refractivity contribution in [3.63, 3.8) is 0 Å². The number of fused-ring (bicyclic) bond motifs is 9. The van der Waals surface area contributed by atoms with E-state index in [1.807, 2.05) is 12.1 Å². The molecule has 2 saturated carbocycles. The van der Waals surface area contributed by atoms with E-state index >= 15 is 0 Å². The zero-order valence-corrected chi connectivity index (χ0v) is 26.2. The van der Waals surface area contributed by atoms with E-state index < -0.39 is 17.7 Å². The van der Waals surface area contributed by atoms with Gasteiger partial charge in [0.1, 0.15) is 18.2 Å². The molecule has 3 aromatic carbocycles. The number of aromatic nitrogens is 1. The topological polar surface area (TPSA) is 79.5 Å². The number of imide groups is 1. The Labute approximate surface area is 263 Å². The fraction of sp³-hybridized carbons (Fsp3) is 0.303. The molecule has 3 heterocycles. The highest BCUT2D eigenvalue weighted by Crippen LogP contribution is 2.69. The van der Waals surface area contributed by atoms with Gasteiger partial charge in [0.2, 0.25) is 11.8 Å². The first-order chi connectivity index (χ1) is 20.8. The van der Waals surface area contributed by atoms with Gasteiger partial charge < -0.3 is 9.72 Å². The summed E-state index contributed by atoms with van der Waals surface area (Å²) in [6.07, 6.45) is 0.787. The van der Waals surface area contributed by atoms with Crippen molar-refractivity contribution in [1.82, 2.24) is 4.98 Å². The van der Waals surface area contributed by atoms with Gasteiger partial charge in [-0.2, -0.15) is 0 Å². The van der Waals surface area contributed by atoms with E-state index in [-0.39, 0.29) is 45.6 Å². The molecule has 2 bridgehead atoms. The molecule has 2 aliphatic carbocycles. The van der Waals surface area contributed by atoms with Crippen molar-refractivity contribution in [2.75, 3.05) is 4.90 Å². The average Bonchev–Trinajstić information content (AvgIpc) is 3.73. The molecule has 3 fully saturated rings. The quantitative estimate of drug-likeness (QED) is 0.233. The Balaban J connectivity index is 1.20. The van der Waals surface area contributed by atoms with Gasteiger partial charge in [-0.25, -0.2) is 4.39 Å². The first kappa shape index (κ1) is 27.3. The number of rotatable bonds is 5. The number of thiazole rings is 1. The molecule has 4 aromatic rings. The summed E-state index contributed by atoms with van der Waals surface area (Å²) in [4.78, 5) is 45.7. The van der Waals surface area contributed by atoms with Crippen LogP contribution in [0.5, 0.6) is 5.75 Å². The van der Waals surface area contributed by atoms with Gasteiger partial charge in [-0.1, -0.05) is 57.1 Å². The van der Waals surface area contributed by atoms with E-state index in [9.17, 15) is 18.8 Å². The zero-order chi connectivity index (χ0) is 29.6. The van der Waals surface area contributed by atoms with Crippen LogP contribution in [-0.2, 0) is 16.2 Å².